The molecule has 41 heavy (non-hydrogen) atoms. The number of nitrogens with one attached hydrogen (secondary N) is 1. The summed E-state index contributed by atoms with van der Waals surface area (Å²) in [5, 5.41) is 3.28. The van der Waals surface area contributed by atoms with Gasteiger partial charge in [-0.15, -0.1) is 0 Å². The number of rotatable bonds is 9. The zero-order valence-electron chi connectivity index (χ0n) is 24.4. The number of nitrogens with two attached hydrogens (primary N) is 1. The molecule has 1 aliphatic rings. The molecule has 0 saturated carbocycles. The molecule has 220 valence electrons. The summed E-state index contributed by atoms with van der Waals surface area (Å²) in [5.74, 6) is 1.91. The first-order chi connectivity index (χ1) is 19.8. The highest BCUT2D eigenvalue weighted by molar-refractivity contribution is 6.28. The van der Waals surface area contributed by atoms with Gasteiger partial charge in [-0.1, -0.05) is 45.2 Å². The molecule has 1 aliphatic heterocycles. The molecule has 1 aromatic heterocycles. The molecule has 0 aliphatic carbocycles. The van der Waals surface area contributed by atoms with Crippen LogP contribution in [0.2, 0.25) is 5.28 Å². The number of halogens is 1. The van der Waals surface area contributed by atoms with E-state index in [4.69, 9.17) is 31.5 Å². The second-order valence-electron chi connectivity index (χ2n) is 8.48. The summed E-state index contributed by atoms with van der Waals surface area (Å²) in [5.41, 5.74) is 9.77. The fourth-order valence-electron chi connectivity index (χ4n) is 3.75. The first kappa shape index (κ1) is 33.1. The highest BCUT2D eigenvalue weighted by Crippen LogP contribution is 2.34. The third-order valence-corrected chi connectivity index (χ3v) is 6.14. The van der Waals surface area contributed by atoms with E-state index in [2.05, 4.69) is 38.3 Å². The number of fused-ring (bicyclic) bond motifs is 1. The molecule has 0 unspecified atom stereocenters. The Hall–Kier alpha value is -4.15. The SMILES string of the molecule is C=CC(=C)CN.CC.COC(=O)c1ccc(CNc2nc(Cl)nc(N3CCc4cc(OC)c(OC)cc4C3)n2)cc1. The van der Waals surface area contributed by atoms with E-state index in [0.717, 1.165) is 35.4 Å². The van der Waals surface area contributed by atoms with Gasteiger partial charge in [-0.2, -0.15) is 15.0 Å². The number of carbonyl (C=O) groups excluding carboxylic acids is 1. The van der Waals surface area contributed by atoms with Gasteiger partial charge in [0.05, 0.1) is 26.9 Å². The fraction of sp³-hybridized carbons (Fsp3) is 0.333. The first-order valence-electron chi connectivity index (χ1n) is 13.1. The summed E-state index contributed by atoms with van der Waals surface area (Å²) in [7, 11) is 4.61. The van der Waals surface area contributed by atoms with Crippen LogP contribution in [0.25, 0.3) is 0 Å². The molecule has 3 N–H and O–H groups in total. The van der Waals surface area contributed by atoms with E-state index in [1.54, 1.807) is 32.4 Å². The van der Waals surface area contributed by atoms with Crippen LogP contribution in [0, 0.1) is 0 Å². The van der Waals surface area contributed by atoms with Crippen LogP contribution in [0.15, 0.2) is 61.2 Å². The van der Waals surface area contributed by atoms with Crippen molar-refractivity contribution in [3.05, 3.63) is 88.7 Å². The van der Waals surface area contributed by atoms with Gasteiger partial charge in [0.25, 0.3) is 0 Å². The molecule has 2 heterocycles. The summed E-state index contributed by atoms with van der Waals surface area (Å²) >= 11 is 6.19. The summed E-state index contributed by atoms with van der Waals surface area (Å²) < 4.78 is 15.6. The van der Waals surface area contributed by atoms with E-state index in [1.807, 2.05) is 38.1 Å². The Balaban J connectivity index is 0.000000654. The van der Waals surface area contributed by atoms with Gasteiger partial charge in [-0.05, 0) is 64.6 Å². The van der Waals surface area contributed by atoms with Crippen LogP contribution in [0.5, 0.6) is 11.5 Å². The monoisotopic (exact) mass is 582 g/mol. The van der Waals surface area contributed by atoms with Crippen LogP contribution < -0.4 is 25.4 Å². The third-order valence-electron chi connectivity index (χ3n) is 5.97. The van der Waals surface area contributed by atoms with Crippen LogP contribution >= 0.6 is 11.6 Å². The number of esters is 1. The van der Waals surface area contributed by atoms with Crippen molar-refractivity contribution < 1.29 is 19.0 Å². The molecule has 0 spiro atoms. The van der Waals surface area contributed by atoms with E-state index in [9.17, 15) is 4.79 Å². The van der Waals surface area contributed by atoms with Gasteiger partial charge in [0, 0.05) is 26.2 Å². The lowest BCUT2D eigenvalue weighted by Crippen LogP contribution is -2.32. The molecule has 11 heteroatoms. The minimum atomic E-state index is -0.373. The lowest BCUT2D eigenvalue weighted by atomic mass is 9.99. The summed E-state index contributed by atoms with van der Waals surface area (Å²) in [4.78, 5) is 26.7. The first-order valence-corrected chi connectivity index (χ1v) is 13.5. The van der Waals surface area contributed by atoms with Gasteiger partial charge < -0.3 is 30.2 Å². The zero-order valence-corrected chi connectivity index (χ0v) is 25.1. The number of methoxy groups -OCH3 is 3. The predicted octanol–water partition coefficient (Wildman–Crippen LogP) is 5.22. The van der Waals surface area contributed by atoms with Gasteiger partial charge in [-0.25, -0.2) is 4.79 Å². The fourth-order valence-corrected chi connectivity index (χ4v) is 3.91. The van der Waals surface area contributed by atoms with Crippen LogP contribution in [0.4, 0.5) is 11.9 Å². The smallest absolute Gasteiger partial charge is 0.337 e. The number of anilines is 2. The number of ether oxygens (including phenoxy) is 3. The average Bonchev–Trinajstić information content (AvgIpc) is 3.03. The van der Waals surface area contributed by atoms with Crippen molar-refractivity contribution in [1.29, 1.82) is 0 Å². The van der Waals surface area contributed by atoms with E-state index >= 15 is 0 Å². The minimum absolute atomic E-state index is 0.113. The molecule has 0 atom stereocenters. The lowest BCUT2D eigenvalue weighted by Gasteiger charge is -2.29. The lowest BCUT2D eigenvalue weighted by molar-refractivity contribution is 0.0600. The Morgan fingerprint density at radius 1 is 1.07 bits per heavy atom. The largest absolute Gasteiger partial charge is 0.493 e. The summed E-state index contributed by atoms with van der Waals surface area (Å²) in [6, 6.07) is 11.1. The maximum absolute atomic E-state index is 11.6. The molecule has 0 bridgehead atoms. The summed E-state index contributed by atoms with van der Waals surface area (Å²) in [6.45, 7) is 13.3. The van der Waals surface area contributed by atoms with Crippen molar-refractivity contribution in [2.24, 2.45) is 5.73 Å². The quantitative estimate of drug-likeness (QED) is 0.256. The maximum atomic E-state index is 11.6. The van der Waals surface area contributed by atoms with Gasteiger partial charge in [-0.3, -0.25) is 0 Å². The molecule has 0 radical (unpaired) electrons. The average molecular weight is 583 g/mol. The van der Waals surface area contributed by atoms with E-state index < -0.39 is 0 Å². The summed E-state index contributed by atoms with van der Waals surface area (Å²) in [6.07, 6.45) is 2.47. The van der Waals surface area contributed by atoms with Crippen molar-refractivity contribution in [3.8, 4) is 11.5 Å². The normalized spacial score (nSPS) is 11.4. The maximum Gasteiger partial charge on any atom is 0.337 e. The van der Waals surface area contributed by atoms with Crippen LogP contribution in [-0.4, -0.2) is 55.3 Å². The Morgan fingerprint density at radius 2 is 1.71 bits per heavy atom. The molecule has 0 amide bonds. The van der Waals surface area contributed by atoms with Crippen molar-refractivity contribution in [3.63, 3.8) is 0 Å². The Labute approximate surface area is 247 Å². The van der Waals surface area contributed by atoms with Crippen molar-refractivity contribution in [2.45, 2.75) is 33.4 Å². The number of hydrogen-bond donors (Lipinski definition) is 2. The Bertz CT molecular complexity index is 1320. The van der Waals surface area contributed by atoms with E-state index in [-0.39, 0.29) is 11.3 Å². The predicted molar refractivity (Wildman–Crippen MR) is 164 cm³/mol. The van der Waals surface area contributed by atoms with E-state index in [1.165, 1.54) is 12.7 Å². The standard InChI is InChI=1S/C23H24ClN5O4.C5H9N.C2H6/c1-31-18-10-16-8-9-29(13-17(16)11-19(18)32-2)23-27-21(24)26-22(28-23)25-12-14-4-6-15(7-5-14)20(30)33-3;1-3-5(2)4-6;1-2/h4-7,10-11H,8-9,12-13H2,1-3H3,(H,25,26,27,28);3H,1-2,4,6H2;1-2H3. The van der Waals surface area contributed by atoms with Crippen LogP contribution in [0.1, 0.15) is 40.9 Å². The number of aromatic nitrogens is 3. The minimum Gasteiger partial charge on any atom is -0.493 e. The van der Waals surface area contributed by atoms with Gasteiger partial charge >= 0.3 is 5.97 Å². The number of nitrogens with zero attached hydrogens (tertiary/aromatic N) is 4. The van der Waals surface area contributed by atoms with Gasteiger partial charge in [0.1, 0.15) is 0 Å². The van der Waals surface area contributed by atoms with Crippen molar-refractivity contribution >= 4 is 29.5 Å². The molecular formula is C30H39ClN6O4. The second kappa shape index (κ2) is 16.8. The second-order valence-corrected chi connectivity index (χ2v) is 8.82. The van der Waals surface area contributed by atoms with Crippen LogP contribution in [-0.2, 0) is 24.2 Å². The van der Waals surface area contributed by atoms with Gasteiger partial charge in [0.15, 0.2) is 11.5 Å². The number of carbonyl (C=O) groups is 1. The van der Waals surface area contributed by atoms with Crippen molar-refractivity contribution in [2.75, 3.05) is 44.6 Å². The van der Waals surface area contributed by atoms with Crippen molar-refractivity contribution in [1.82, 2.24) is 15.0 Å². The molecular weight excluding hydrogens is 544 g/mol. The highest BCUT2D eigenvalue weighted by atomic mass is 35.5. The van der Waals surface area contributed by atoms with E-state index in [0.29, 0.717) is 42.8 Å². The molecule has 0 saturated heterocycles. The Morgan fingerprint density at radius 3 is 2.24 bits per heavy atom. The Kier molecular flexibility index (Phi) is 13.6. The highest BCUT2D eigenvalue weighted by Gasteiger charge is 2.22. The molecule has 2 aromatic carbocycles. The topological polar surface area (TPSA) is 125 Å². The molecule has 3 aromatic rings. The number of benzene rings is 2. The molecule has 0 fully saturated rings. The zero-order chi connectivity index (χ0) is 30.4. The van der Waals surface area contributed by atoms with Crippen LogP contribution in [0.3, 0.4) is 0 Å². The third kappa shape index (κ3) is 9.47. The molecule has 4 rings (SSSR count). The molecule has 10 nitrogen and oxygen atoms in total. The van der Waals surface area contributed by atoms with Gasteiger partial charge in [0.2, 0.25) is 17.2 Å². The number of hydrogen-bond acceptors (Lipinski definition) is 10.